The fourth-order valence-corrected chi connectivity index (χ4v) is 4.30. The summed E-state index contributed by atoms with van der Waals surface area (Å²) in [5.41, 5.74) is 13.3. The van der Waals surface area contributed by atoms with Crippen LogP contribution < -0.4 is 16.4 Å². The van der Waals surface area contributed by atoms with E-state index in [9.17, 15) is 14.0 Å². The van der Waals surface area contributed by atoms with E-state index in [1.54, 1.807) is 34.7 Å². The summed E-state index contributed by atoms with van der Waals surface area (Å²) in [4.78, 5) is 28.5. The Bertz CT molecular complexity index is 1520. The number of nitrogens with zero attached hydrogens (tertiary/aromatic N) is 6. The minimum absolute atomic E-state index is 0.0144. The van der Waals surface area contributed by atoms with Crippen LogP contribution in [0.15, 0.2) is 77.7 Å². The summed E-state index contributed by atoms with van der Waals surface area (Å²) in [6.07, 6.45) is 7.16. The molecule has 1 aliphatic rings. The molecule has 4 aromatic rings. The zero-order chi connectivity index (χ0) is 27.4. The normalized spacial score (nSPS) is 17.7. The second-order valence-electron chi connectivity index (χ2n) is 8.94. The minimum atomic E-state index is -0.630. The number of hydrogen-bond acceptors (Lipinski definition) is 6. The van der Waals surface area contributed by atoms with Gasteiger partial charge in [0.05, 0.1) is 34.8 Å². The average molecular weight is 517 g/mol. The predicted octanol–water partition coefficient (Wildman–Crippen LogP) is 3.03. The van der Waals surface area contributed by atoms with Crippen molar-refractivity contribution >= 4 is 34.6 Å². The molecule has 5 rings (SSSR count). The number of anilines is 1. The maximum absolute atomic E-state index is 13.2. The van der Waals surface area contributed by atoms with Crippen LogP contribution in [0.1, 0.15) is 25.1 Å². The highest BCUT2D eigenvalue weighted by atomic mass is 19.1. The molecule has 0 saturated carbocycles. The molecule has 196 valence electrons. The number of nitrogens with two attached hydrogens (primary N) is 2. The molecule has 38 heavy (non-hydrogen) atoms. The molecule has 0 spiro atoms. The first-order chi connectivity index (χ1) is 18.2. The van der Waals surface area contributed by atoms with Crippen molar-refractivity contribution in [3.8, 4) is 5.69 Å². The van der Waals surface area contributed by atoms with Gasteiger partial charge in [0.2, 0.25) is 5.91 Å². The van der Waals surface area contributed by atoms with E-state index < -0.39 is 5.91 Å². The average Bonchev–Trinajstić information content (AvgIpc) is 3.60. The van der Waals surface area contributed by atoms with Crippen LogP contribution in [0.4, 0.5) is 10.1 Å². The largest absolute Gasteiger partial charge is 0.394 e. The lowest BCUT2D eigenvalue weighted by atomic mass is 10.1. The van der Waals surface area contributed by atoms with Crippen molar-refractivity contribution in [2.45, 2.75) is 19.4 Å². The maximum atomic E-state index is 13.2. The molecule has 2 aromatic carbocycles. The highest BCUT2D eigenvalue weighted by Gasteiger charge is 2.39. The molecule has 1 fully saturated rings. The number of halogens is 1. The third-order valence-electron chi connectivity index (χ3n) is 6.21. The number of fused-ring (bicyclic) bond motifs is 1. The lowest BCUT2D eigenvalue weighted by Gasteiger charge is -2.23. The Morgan fingerprint density at radius 3 is 2.47 bits per heavy atom. The van der Waals surface area contributed by atoms with E-state index in [1.807, 2.05) is 49.3 Å². The van der Waals surface area contributed by atoms with Gasteiger partial charge >= 0.3 is 0 Å². The molecule has 11 heteroatoms. The number of amides is 2. The Kier molecular flexibility index (Phi) is 7.66. The highest BCUT2D eigenvalue weighted by Crippen LogP contribution is 2.40. The number of hydrogen-bond donors (Lipinski definition) is 2. The number of benzene rings is 2. The van der Waals surface area contributed by atoms with Gasteiger partial charge in [-0.1, -0.05) is 6.92 Å². The fourth-order valence-electron chi connectivity index (χ4n) is 4.30. The number of aromatic nitrogens is 4. The van der Waals surface area contributed by atoms with Crippen LogP contribution in [0, 0.1) is 11.7 Å². The van der Waals surface area contributed by atoms with Crippen LogP contribution in [0.3, 0.4) is 0 Å². The monoisotopic (exact) mass is 516 g/mol. The second kappa shape index (κ2) is 11.1. The summed E-state index contributed by atoms with van der Waals surface area (Å²) in [6, 6.07) is 14.0. The molecular formula is C27H29FN8O2. The van der Waals surface area contributed by atoms with Gasteiger partial charge in [-0.05, 0) is 61.0 Å². The van der Waals surface area contributed by atoms with Gasteiger partial charge in [0, 0.05) is 43.5 Å². The lowest BCUT2D eigenvalue weighted by Crippen LogP contribution is -2.29. The number of carbonyl (C=O) groups excluding carboxylic acids is 2. The summed E-state index contributed by atoms with van der Waals surface area (Å²) < 4.78 is 16.8. The molecule has 1 saturated heterocycles. The zero-order valence-electron chi connectivity index (χ0n) is 21.3. The molecule has 0 unspecified atom stereocenters. The van der Waals surface area contributed by atoms with E-state index >= 15 is 0 Å². The second-order valence-corrected chi connectivity index (χ2v) is 8.94. The van der Waals surface area contributed by atoms with Gasteiger partial charge in [-0.3, -0.25) is 19.3 Å². The van der Waals surface area contributed by atoms with Crippen LogP contribution in [0.2, 0.25) is 0 Å². The summed E-state index contributed by atoms with van der Waals surface area (Å²) in [6.45, 7) is 1.96. The summed E-state index contributed by atoms with van der Waals surface area (Å²) in [7, 11) is 3.45. The number of primary amides is 1. The SMILES string of the molecule is CN=C/C=C(\N)C(N)=O.C[C@H]1C[C@@H](c2ccn(C)n2)N(c2ccc3c(cnn3-c3ccc(F)cc3)c2)C1=O. The molecule has 2 aromatic heterocycles. The molecule has 0 bridgehead atoms. The Morgan fingerprint density at radius 2 is 1.84 bits per heavy atom. The number of allylic oxidation sites excluding steroid dienone is 1. The molecule has 0 aliphatic carbocycles. The molecule has 2 atom stereocenters. The summed E-state index contributed by atoms with van der Waals surface area (Å²) >= 11 is 0. The van der Waals surface area contributed by atoms with Crippen LogP contribution in [0.5, 0.6) is 0 Å². The van der Waals surface area contributed by atoms with Gasteiger partial charge in [-0.25, -0.2) is 9.07 Å². The van der Waals surface area contributed by atoms with Gasteiger partial charge < -0.3 is 16.4 Å². The predicted molar refractivity (Wildman–Crippen MR) is 144 cm³/mol. The van der Waals surface area contributed by atoms with Crippen molar-refractivity contribution in [1.29, 1.82) is 0 Å². The van der Waals surface area contributed by atoms with E-state index in [-0.39, 0.29) is 29.4 Å². The number of aliphatic imine (C=N–C) groups is 1. The molecular weight excluding hydrogens is 487 g/mol. The Balaban J connectivity index is 0.000000323. The first-order valence-corrected chi connectivity index (χ1v) is 11.9. The van der Waals surface area contributed by atoms with Crippen molar-refractivity contribution in [3.63, 3.8) is 0 Å². The number of aryl methyl sites for hydroxylation is 1. The van der Waals surface area contributed by atoms with Crippen molar-refractivity contribution < 1.29 is 14.0 Å². The van der Waals surface area contributed by atoms with E-state index in [0.717, 1.165) is 34.4 Å². The van der Waals surface area contributed by atoms with Crippen LogP contribution in [-0.2, 0) is 16.6 Å². The van der Waals surface area contributed by atoms with Gasteiger partial charge in [0.15, 0.2) is 0 Å². The first kappa shape index (κ1) is 26.3. The Hall–Kier alpha value is -4.80. The lowest BCUT2D eigenvalue weighted by molar-refractivity contribution is -0.120. The molecule has 0 radical (unpaired) electrons. The third-order valence-corrected chi connectivity index (χ3v) is 6.21. The molecule has 1 aliphatic heterocycles. The Labute approximate surface area is 219 Å². The fraction of sp³-hybridized carbons (Fsp3) is 0.222. The van der Waals surface area contributed by atoms with E-state index in [2.05, 4.69) is 15.2 Å². The zero-order valence-corrected chi connectivity index (χ0v) is 21.3. The van der Waals surface area contributed by atoms with Gasteiger partial charge in [-0.15, -0.1) is 0 Å². The number of rotatable bonds is 5. The minimum Gasteiger partial charge on any atom is -0.394 e. The van der Waals surface area contributed by atoms with Crippen LogP contribution in [-0.4, -0.2) is 44.6 Å². The smallest absolute Gasteiger partial charge is 0.264 e. The van der Waals surface area contributed by atoms with E-state index in [4.69, 9.17) is 11.5 Å². The maximum Gasteiger partial charge on any atom is 0.264 e. The molecule has 3 heterocycles. The highest BCUT2D eigenvalue weighted by molar-refractivity contribution is 6.00. The van der Waals surface area contributed by atoms with E-state index in [1.165, 1.54) is 24.4 Å². The summed E-state index contributed by atoms with van der Waals surface area (Å²) in [5.74, 6) is -0.866. The van der Waals surface area contributed by atoms with Crippen LogP contribution in [0.25, 0.3) is 16.6 Å². The van der Waals surface area contributed by atoms with Crippen molar-refractivity contribution in [1.82, 2.24) is 19.6 Å². The van der Waals surface area contributed by atoms with Crippen LogP contribution >= 0.6 is 0 Å². The molecule has 4 N–H and O–H groups in total. The van der Waals surface area contributed by atoms with Crippen molar-refractivity contribution in [2.75, 3.05) is 11.9 Å². The van der Waals surface area contributed by atoms with Gasteiger partial charge in [0.25, 0.3) is 5.91 Å². The Morgan fingerprint density at radius 1 is 1.13 bits per heavy atom. The van der Waals surface area contributed by atoms with Crippen molar-refractivity contribution in [2.24, 2.45) is 29.4 Å². The van der Waals surface area contributed by atoms with Crippen molar-refractivity contribution in [3.05, 3.63) is 84.2 Å². The van der Waals surface area contributed by atoms with Gasteiger partial charge in [-0.2, -0.15) is 10.2 Å². The van der Waals surface area contributed by atoms with E-state index in [0.29, 0.717) is 0 Å². The summed E-state index contributed by atoms with van der Waals surface area (Å²) in [5, 5.41) is 9.89. The third kappa shape index (κ3) is 5.46. The first-order valence-electron chi connectivity index (χ1n) is 11.9. The van der Waals surface area contributed by atoms with Gasteiger partial charge in [0.1, 0.15) is 5.82 Å². The topological polar surface area (TPSA) is 137 Å². The standard InChI is InChI=1S/C22H20FN5O.C5H9N3O/c1-14-11-21(19-9-10-26(2)25-19)27(22(14)29)18-7-8-20-15(12-18)13-24-28(20)17-5-3-16(23)4-6-17;1-8-3-2-4(6)5(7)9/h3-10,12-14,21H,11H2,1-2H3;2-3H,6H2,1H3,(H2,7,9)/b;4-2-,8-3?/t14-,21-;/m0./s1. The number of carbonyl (C=O) groups is 2. The molecule has 10 nitrogen and oxygen atoms in total. The quantitative estimate of drug-likeness (QED) is 0.310. The molecule has 2 amide bonds.